The van der Waals surface area contributed by atoms with Crippen molar-refractivity contribution in [1.29, 1.82) is 0 Å². The van der Waals surface area contributed by atoms with Crippen LogP contribution in [0.3, 0.4) is 0 Å². The van der Waals surface area contributed by atoms with Crippen molar-refractivity contribution in [3.63, 3.8) is 0 Å². The summed E-state index contributed by atoms with van der Waals surface area (Å²) in [6.07, 6.45) is 6.19. The van der Waals surface area contributed by atoms with Crippen LogP contribution in [0.4, 0.5) is 0 Å². The molecule has 17 heavy (non-hydrogen) atoms. The zero-order valence-electron chi connectivity index (χ0n) is 10.5. The summed E-state index contributed by atoms with van der Waals surface area (Å²) in [6, 6.07) is 3.84. The predicted molar refractivity (Wildman–Crippen MR) is 70.1 cm³/mol. The van der Waals surface area contributed by atoms with E-state index in [1.807, 2.05) is 19.1 Å². The van der Waals surface area contributed by atoms with E-state index in [1.54, 1.807) is 12.4 Å². The summed E-state index contributed by atoms with van der Waals surface area (Å²) in [5, 5.41) is 2.82. The number of pyridine rings is 1. The molecule has 5 heteroatoms. The average molecular weight is 256 g/mol. The summed E-state index contributed by atoms with van der Waals surface area (Å²) in [7, 11) is -3.22. The summed E-state index contributed by atoms with van der Waals surface area (Å²) in [6.45, 7) is 4.01. The number of nitrogens with zero attached hydrogens (tertiary/aromatic N) is 1. The van der Waals surface area contributed by atoms with Crippen LogP contribution in [0, 0.1) is 0 Å². The molecule has 0 spiro atoms. The van der Waals surface area contributed by atoms with Crippen LogP contribution >= 0.6 is 7.52 Å². The number of nitrogens with one attached hydrogen (secondary N) is 1. The number of aromatic nitrogens is 1. The molecule has 96 valence electrons. The molecule has 4 nitrogen and oxygen atoms in total. The molecule has 0 bridgehead atoms. The highest BCUT2D eigenvalue weighted by atomic mass is 31.2. The monoisotopic (exact) mass is 256 g/mol. The normalized spacial score (nSPS) is 16.4. The fourth-order valence-corrected chi connectivity index (χ4v) is 3.24. The quantitative estimate of drug-likeness (QED) is 0.736. The molecule has 0 saturated heterocycles. The van der Waals surface area contributed by atoms with Crippen LogP contribution in [-0.4, -0.2) is 22.1 Å². The first-order chi connectivity index (χ1) is 8.03. The van der Waals surface area contributed by atoms with Crippen molar-refractivity contribution in [3.8, 4) is 0 Å². The zero-order chi connectivity index (χ0) is 12.7. The van der Waals surface area contributed by atoms with Crippen molar-refractivity contribution < 1.29 is 9.46 Å². The maximum atomic E-state index is 11.9. The molecule has 1 heterocycles. The summed E-state index contributed by atoms with van der Waals surface area (Å²) < 4.78 is 11.9. The Morgan fingerprint density at radius 2 is 2.35 bits per heavy atom. The van der Waals surface area contributed by atoms with Crippen LogP contribution in [0.2, 0.25) is 0 Å². The lowest BCUT2D eigenvalue weighted by atomic mass is 10.2. The highest BCUT2D eigenvalue weighted by Gasteiger charge is 2.19. The molecular weight excluding hydrogens is 235 g/mol. The van der Waals surface area contributed by atoms with Gasteiger partial charge in [0.1, 0.15) is 0 Å². The van der Waals surface area contributed by atoms with Crippen molar-refractivity contribution >= 4 is 7.52 Å². The van der Waals surface area contributed by atoms with Crippen LogP contribution in [0.25, 0.3) is 0 Å². The standard InChI is InChI=1S/C12H21N2O2P/c1-3-5-11(2)14-17(15,16)9-7-12-6-4-8-13-10-12/h4,6,8,10-11H,3,5,7,9H2,1-2H3,(H2,14,15,16). The fourth-order valence-electron chi connectivity index (χ4n) is 1.73. The van der Waals surface area contributed by atoms with E-state index in [9.17, 15) is 9.46 Å². The molecule has 1 aromatic heterocycles. The second-order valence-electron chi connectivity index (χ2n) is 4.36. The SMILES string of the molecule is CCCC(C)NP(=O)(O)CCc1cccnc1. The van der Waals surface area contributed by atoms with Crippen LogP contribution in [0.5, 0.6) is 0 Å². The number of rotatable bonds is 7. The van der Waals surface area contributed by atoms with Gasteiger partial charge in [-0.2, -0.15) is 0 Å². The van der Waals surface area contributed by atoms with E-state index in [4.69, 9.17) is 0 Å². The molecule has 1 rings (SSSR count). The summed E-state index contributed by atoms with van der Waals surface area (Å²) >= 11 is 0. The predicted octanol–water partition coefficient (Wildman–Crippen LogP) is 2.59. The largest absolute Gasteiger partial charge is 0.333 e. The third kappa shape index (κ3) is 5.97. The summed E-state index contributed by atoms with van der Waals surface area (Å²) in [5.41, 5.74) is 0.992. The van der Waals surface area contributed by atoms with E-state index < -0.39 is 7.52 Å². The van der Waals surface area contributed by atoms with Crippen molar-refractivity contribution in [2.24, 2.45) is 0 Å². The molecule has 2 N–H and O–H groups in total. The van der Waals surface area contributed by atoms with Gasteiger partial charge < -0.3 is 4.89 Å². The van der Waals surface area contributed by atoms with Gasteiger partial charge in [-0.3, -0.25) is 9.55 Å². The first-order valence-corrected chi connectivity index (χ1v) is 7.86. The smallest absolute Gasteiger partial charge is 0.267 e. The van der Waals surface area contributed by atoms with E-state index in [0.717, 1.165) is 18.4 Å². The second-order valence-corrected chi connectivity index (χ2v) is 6.46. The van der Waals surface area contributed by atoms with E-state index in [-0.39, 0.29) is 12.2 Å². The van der Waals surface area contributed by atoms with Gasteiger partial charge in [-0.05, 0) is 31.4 Å². The van der Waals surface area contributed by atoms with Crippen molar-refractivity contribution in [2.75, 3.05) is 6.16 Å². The molecule has 2 unspecified atom stereocenters. The maximum absolute atomic E-state index is 11.9. The lowest BCUT2D eigenvalue weighted by molar-refractivity contribution is 0.444. The molecule has 0 aliphatic rings. The molecule has 0 saturated carbocycles. The van der Waals surface area contributed by atoms with Crippen molar-refractivity contribution in [3.05, 3.63) is 30.1 Å². The minimum atomic E-state index is -3.22. The topological polar surface area (TPSA) is 62.2 Å². The van der Waals surface area contributed by atoms with Gasteiger partial charge in [0, 0.05) is 24.6 Å². The van der Waals surface area contributed by atoms with E-state index in [0.29, 0.717) is 6.42 Å². The molecule has 0 amide bonds. The first kappa shape index (κ1) is 14.4. The van der Waals surface area contributed by atoms with Crippen molar-refractivity contribution in [2.45, 2.75) is 39.2 Å². The summed E-state index contributed by atoms with van der Waals surface area (Å²) in [5.74, 6) is 0. The van der Waals surface area contributed by atoms with E-state index in [2.05, 4.69) is 17.0 Å². The van der Waals surface area contributed by atoms with Gasteiger partial charge in [0.25, 0.3) is 7.52 Å². The lowest BCUT2D eigenvalue weighted by Crippen LogP contribution is -2.24. The van der Waals surface area contributed by atoms with Crippen LogP contribution in [0.15, 0.2) is 24.5 Å². The Hall–Kier alpha value is -0.700. The van der Waals surface area contributed by atoms with Crippen molar-refractivity contribution in [1.82, 2.24) is 10.1 Å². The molecule has 2 atom stereocenters. The summed E-state index contributed by atoms with van der Waals surface area (Å²) in [4.78, 5) is 13.8. The molecular formula is C12H21N2O2P. The Bertz CT molecular complexity index is 370. The highest BCUT2D eigenvalue weighted by Crippen LogP contribution is 2.36. The van der Waals surface area contributed by atoms with Gasteiger partial charge in [0.2, 0.25) is 0 Å². The number of hydrogen-bond donors (Lipinski definition) is 2. The van der Waals surface area contributed by atoms with E-state index >= 15 is 0 Å². The fraction of sp³-hybridized carbons (Fsp3) is 0.583. The number of aryl methyl sites for hydroxylation is 1. The second kappa shape index (κ2) is 6.90. The Kier molecular flexibility index (Phi) is 5.83. The molecule has 0 fully saturated rings. The zero-order valence-corrected chi connectivity index (χ0v) is 11.4. The molecule has 0 radical (unpaired) electrons. The van der Waals surface area contributed by atoms with Gasteiger partial charge in [-0.15, -0.1) is 0 Å². The highest BCUT2D eigenvalue weighted by molar-refractivity contribution is 7.55. The van der Waals surface area contributed by atoms with Crippen LogP contribution < -0.4 is 5.09 Å². The van der Waals surface area contributed by atoms with Gasteiger partial charge >= 0.3 is 0 Å². The Balaban J connectivity index is 2.42. The van der Waals surface area contributed by atoms with Gasteiger partial charge in [0.15, 0.2) is 0 Å². The Morgan fingerprint density at radius 1 is 1.59 bits per heavy atom. The molecule has 0 aromatic carbocycles. The molecule has 1 aromatic rings. The van der Waals surface area contributed by atoms with Gasteiger partial charge in [-0.25, -0.2) is 5.09 Å². The molecule has 0 aliphatic heterocycles. The lowest BCUT2D eigenvalue weighted by Gasteiger charge is -2.18. The third-order valence-electron chi connectivity index (χ3n) is 2.57. The van der Waals surface area contributed by atoms with Gasteiger partial charge in [0.05, 0.1) is 0 Å². The number of hydrogen-bond acceptors (Lipinski definition) is 2. The minimum absolute atomic E-state index is 0.0877. The Morgan fingerprint density at radius 3 is 2.94 bits per heavy atom. The maximum Gasteiger partial charge on any atom is 0.267 e. The van der Waals surface area contributed by atoms with Gasteiger partial charge in [-0.1, -0.05) is 19.4 Å². The third-order valence-corrected chi connectivity index (χ3v) is 4.24. The Labute approximate surface area is 103 Å². The van der Waals surface area contributed by atoms with Crippen LogP contribution in [0.1, 0.15) is 32.3 Å². The molecule has 0 aliphatic carbocycles. The van der Waals surface area contributed by atoms with E-state index in [1.165, 1.54) is 0 Å². The van der Waals surface area contributed by atoms with Crippen LogP contribution in [-0.2, 0) is 11.0 Å². The average Bonchev–Trinajstić information content (AvgIpc) is 2.27. The minimum Gasteiger partial charge on any atom is -0.333 e. The first-order valence-electron chi connectivity index (χ1n) is 6.02.